The maximum Gasteiger partial charge on any atom is 0.295 e. The summed E-state index contributed by atoms with van der Waals surface area (Å²) >= 11 is 0. The number of hydrogen-bond acceptors (Lipinski definition) is 5. The summed E-state index contributed by atoms with van der Waals surface area (Å²) in [4.78, 5) is 26.1. The fraction of sp³-hybridized carbons (Fsp3) is 0.304. The number of carbonyl (C=O) groups is 1. The van der Waals surface area contributed by atoms with Crippen molar-refractivity contribution in [1.82, 2.24) is 24.9 Å². The number of aromatic nitrogens is 4. The van der Waals surface area contributed by atoms with Crippen LogP contribution in [0.2, 0.25) is 0 Å². The third-order valence-corrected chi connectivity index (χ3v) is 5.43. The lowest BCUT2D eigenvalue weighted by atomic mass is 10.2. The van der Waals surface area contributed by atoms with Gasteiger partial charge in [0, 0.05) is 0 Å². The molecular weight excluding hydrogens is 394 g/mol. The molecule has 31 heavy (non-hydrogen) atoms. The van der Waals surface area contributed by atoms with Gasteiger partial charge in [-0.05, 0) is 51.5 Å². The van der Waals surface area contributed by atoms with Crippen molar-refractivity contribution < 1.29 is 9.21 Å². The van der Waals surface area contributed by atoms with E-state index in [1.54, 1.807) is 23.1 Å². The first-order valence-corrected chi connectivity index (χ1v) is 10.3. The van der Waals surface area contributed by atoms with Gasteiger partial charge in [0.1, 0.15) is 11.8 Å². The number of hydrogen-bond donors (Lipinski definition) is 1. The van der Waals surface area contributed by atoms with E-state index in [0.29, 0.717) is 28.8 Å². The Labute approximate surface area is 179 Å². The van der Waals surface area contributed by atoms with Gasteiger partial charge in [0.05, 0.1) is 35.3 Å². The minimum absolute atomic E-state index is 0.249. The molecule has 0 bridgehead atoms. The fourth-order valence-electron chi connectivity index (χ4n) is 3.77. The highest BCUT2D eigenvalue weighted by atomic mass is 16.3. The maximum absolute atomic E-state index is 13.3. The first kappa shape index (κ1) is 20.6. The van der Waals surface area contributed by atoms with Gasteiger partial charge in [-0.25, -0.2) is 9.36 Å². The summed E-state index contributed by atoms with van der Waals surface area (Å²) in [5, 5.41) is 12.6. The summed E-state index contributed by atoms with van der Waals surface area (Å²) in [6.45, 7) is 7.87. The van der Waals surface area contributed by atoms with Crippen LogP contribution in [0.5, 0.6) is 0 Å². The minimum atomic E-state index is -0.740. The minimum Gasteiger partial charge on any atom is -0.467 e. The summed E-state index contributed by atoms with van der Waals surface area (Å²) in [7, 11) is 0. The molecule has 0 saturated heterocycles. The van der Waals surface area contributed by atoms with Gasteiger partial charge < -0.3 is 9.73 Å². The van der Waals surface area contributed by atoms with E-state index < -0.39 is 6.04 Å². The molecule has 0 spiro atoms. The molecule has 0 aliphatic rings. The van der Waals surface area contributed by atoms with Crippen LogP contribution in [0.15, 0.2) is 51.9 Å². The highest BCUT2D eigenvalue weighted by Gasteiger charge is 2.25. The number of benzene rings is 1. The number of aryl methyl sites for hydroxylation is 3. The number of nitrogens with one attached hydrogen (secondary N) is 1. The summed E-state index contributed by atoms with van der Waals surface area (Å²) in [5.74, 6) is 0.351. The Morgan fingerprint density at radius 3 is 2.52 bits per heavy atom. The highest BCUT2D eigenvalue weighted by Crippen LogP contribution is 2.22. The number of carbonyl (C=O) groups excluding carboxylic acids is 1. The first-order valence-electron chi connectivity index (χ1n) is 10.3. The van der Waals surface area contributed by atoms with Crippen LogP contribution in [0.3, 0.4) is 0 Å². The van der Waals surface area contributed by atoms with Crippen molar-refractivity contribution in [3.8, 4) is 5.69 Å². The van der Waals surface area contributed by atoms with Gasteiger partial charge in [-0.3, -0.25) is 9.59 Å². The lowest BCUT2D eigenvalue weighted by Gasteiger charge is -2.17. The average Bonchev–Trinajstić information content (AvgIpc) is 3.39. The molecule has 0 unspecified atom stereocenters. The van der Waals surface area contributed by atoms with E-state index in [1.165, 1.54) is 4.68 Å². The number of rotatable bonds is 6. The number of fused-ring (bicyclic) bond motifs is 1. The molecule has 0 saturated carbocycles. The molecule has 3 aromatic heterocycles. The van der Waals surface area contributed by atoms with Gasteiger partial charge >= 0.3 is 0 Å². The van der Waals surface area contributed by atoms with Crippen molar-refractivity contribution in [2.75, 3.05) is 0 Å². The number of nitrogens with zero attached hydrogens (tertiary/aromatic N) is 4. The largest absolute Gasteiger partial charge is 0.467 e. The molecule has 1 amide bonds. The van der Waals surface area contributed by atoms with Gasteiger partial charge in [-0.2, -0.15) is 10.2 Å². The Hall–Kier alpha value is -3.68. The molecule has 4 rings (SSSR count). The standard InChI is InChI=1S/C23H25N5O3/c1-5-19(22(29)24-13-18-7-6-12-31-18)28-23(30)21-20(15(3)25-28)16(4)27(26-21)17-10-8-14(2)9-11-17/h6-12,19H,5,13H2,1-4H3,(H,24,29)/t19-/m0/s1. The van der Waals surface area contributed by atoms with Gasteiger partial charge in [-0.1, -0.05) is 24.6 Å². The SMILES string of the molecule is CC[C@@H](C(=O)NCc1ccco1)n1nc(C)c2c(C)n(-c3ccc(C)cc3)nc2c1=O. The zero-order chi connectivity index (χ0) is 22.1. The number of amides is 1. The maximum atomic E-state index is 13.3. The van der Waals surface area contributed by atoms with E-state index in [4.69, 9.17) is 4.42 Å². The second-order valence-electron chi connectivity index (χ2n) is 7.61. The van der Waals surface area contributed by atoms with Crippen LogP contribution in [0.4, 0.5) is 0 Å². The quantitative estimate of drug-likeness (QED) is 0.517. The molecule has 1 atom stereocenters. The Morgan fingerprint density at radius 2 is 1.87 bits per heavy atom. The van der Waals surface area contributed by atoms with Gasteiger partial charge in [0.15, 0.2) is 5.52 Å². The molecule has 1 N–H and O–H groups in total. The molecule has 160 valence electrons. The summed E-state index contributed by atoms with van der Waals surface area (Å²) in [6, 6.07) is 10.7. The van der Waals surface area contributed by atoms with Crippen molar-refractivity contribution in [1.29, 1.82) is 0 Å². The van der Waals surface area contributed by atoms with Crippen LogP contribution in [0.1, 0.15) is 42.1 Å². The summed E-state index contributed by atoms with van der Waals surface area (Å²) in [6.07, 6.45) is 1.97. The van der Waals surface area contributed by atoms with Crippen molar-refractivity contribution >= 4 is 16.8 Å². The van der Waals surface area contributed by atoms with Crippen LogP contribution >= 0.6 is 0 Å². The molecular formula is C23H25N5O3. The van der Waals surface area contributed by atoms with Crippen LogP contribution in [0, 0.1) is 20.8 Å². The zero-order valence-corrected chi connectivity index (χ0v) is 18.0. The lowest BCUT2D eigenvalue weighted by Crippen LogP contribution is -2.38. The Balaban J connectivity index is 1.74. The van der Waals surface area contributed by atoms with Crippen LogP contribution in [0.25, 0.3) is 16.6 Å². The predicted molar refractivity (Wildman–Crippen MR) is 117 cm³/mol. The molecule has 8 nitrogen and oxygen atoms in total. The van der Waals surface area contributed by atoms with E-state index in [0.717, 1.165) is 16.9 Å². The van der Waals surface area contributed by atoms with Crippen molar-refractivity contribution in [2.45, 2.75) is 46.7 Å². The lowest BCUT2D eigenvalue weighted by molar-refractivity contribution is -0.125. The normalized spacial score (nSPS) is 12.3. The predicted octanol–water partition coefficient (Wildman–Crippen LogP) is 3.37. The molecule has 1 aromatic carbocycles. The number of furan rings is 1. The van der Waals surface area contributed by atoms with E-state index in [2.05, 4.69) is 15.5 Å². The first-order chi connectivity index (χ1) is 14.9. The van der Waals surface area contributed by atoms with Gasteiger partial charge in [0.2, 0.25) is 5.91 Å². The smallest absolute Gasteiger partial charge is 0.295 e. The Morgan fingerprint density at radius 1 is 1.13 bits per heavy atom. The van der Waals surface area contributed by atoms with Crippen LogP contribution < -0.4 is 10.9 Å². The Bertz CT molecular complexity index is 1280. The molecule has 0 radical (unpaired) electrons. The Kier molecular flexibility index (Phi) is 5.46. The van der Waals surface area contributed by atoms with Crippen LogP contribution in [-0.2, 0) is 11.3 Å². The van der Waals surface area contributed by atoms with E-state index >= 15 is 0 Å². The second kappa shape index (κ2) is 8.22. The van der Waals surface area contributed by atoms with Gasteiger partial charge in [-0.15, -0.1) is 0 Å². The second-order valence-corrected chi connectivity index (χ2v) is 7.61. The molecule has 8 heteroatoms. The van der Waals surface area contributed by atoms with Crippen molar-refractivity contribution in [3.05, 3.63) is 75.7 Å². The third-order valence-electron chi connectivity index (χ3n) is 5.43. The highest BCUT2D eigenvalue weighted by molar-refractivity contribution is 5.84. The molecule has 0 aliphatic heterocycles. The summed E-state index contributed by atoms with van der Waals surface area (Å²) < 4.78 is 8.26. The topological polar surface area (TPSA) is 95.0 Å². The zero-order valence-electron chi connectivity index (χ0n) is 18.0. The molecule has 0 fully saturated rings. The summed E-state index contributed by atoms with van der Waals surface area (Å²) in [5.41, 5.74) is 3.43. The fourth-order valence-corrected chi connectivity index (χ4v) is 3.77. The van der Waals surface area contributed by atoms with Crippen LogP contribution in [-0.4, -0.2) is 25.5 Å². The average molecular weight is 419 g/mol. The molecule has 0 aliphatic carbocycles. The monoisotopic (exact) mass is 419 g/mol. The van der Waals surface area contributed by atoms with Crippen molar-refractivity contribution in [2.24, 2.45) is 0 Å². The molecule has 3 heterocycles. The molecule has 4 aromatic rings. The van der Waals surface area contributed by atoms with Gasteiger partial charge in [0.25, 0.3) is 5.56 Å². The van der Waals surface area contributed by atoms with E-state index in [1.807, 2.05) is 52.0 Å². The van der Waals surface area contributed by atoms with Crippen molar-refractivity contribution in [3.63, 3.8) is 0 Å². The van der Waals surface area contributed by atoms with E-state index in [9.17, 15) is 9.59 Å². The third kappa shape index (κ3) is 3.76. The van der Waals surface area contributed by atoms with E-state index in [-0.39, 0.29) is 18.0 Å².